The third kappa shape index (κ3) is 2.07. The van der Waals surface area contributed by atoms with Crippen molar-refractivity contribution >= 4 is 28.8 Å². The molecule has 0 saturated carbocycles. The lowest BCUT2D eigenvalue weighted by atomic mass is 10.2. The fraction of sp³-hybridized carbons (Fsp3) is 0.143. The Morgan fingerprint density at radius 2 is 2.25 bits per heavy atom. The number of H-pyrrole nitrogens is 1. The molecule has 0 aliphatic carbocycles. The zero-order valence-corrected chi connectivity index (χ0v) is 8.51. The van der Waals surface area contributed by atoms with E-state index < -0.39 is 0 Å². The topological polar surface area (TPSA) is 62.0 Å². The highest BCUT2D eigenvalue weighted by atomic mass is 127. The molecule has 64 valence electrons. The molecule has 0 saturated heterocycles. The molecule has 1 heterocycles. The average Bonchev–Trinajstić information content (AvgIpc) is 2.01. The largest absolute Gasteiger partial charge is 0.326 e. The Labute approximate surface area is 82.9 Å². The molecule has 0 aromatic carbocycles. The molecule has 1 aromatic rings. The maximum atomic E-state index is 11.0. The van der Waals surface area contributed by atoms with Crippen LogP contribution in [0.1, 0.15) is 16.1 Å². The number of aromatic nitrogens is 1. The highest BCUT2D eigenvalue weighted by molar-refractivity contribution is 14.1. The van der Waals surface area contributed by atoms with Crippen LogP contribution in [-0.2, 0) is 0 Å². The van der Waals surface area contributed by atoms with Crippen molar-refractivity contribution in [1.29, 1.82) is 0 Å². The fourth-order valence-electron chi connectivity index (χ4n) is 0.868. The van der Waals surface area contributed by atoms with E-state index in [0.717, 1.165) is 0 Å². The van der Waals surface area contributed by atoms with Crippen molar-refractivity contribution in [1.82, 2.24) is 8.51 Å². The minimum Gasteiger partial charge on any atom is -0.326 e. The van der Waals surface area contributed by atoms with Gasteiger partial charge >= 0.3 is 0 Å². The molecular formula is C7H7IN2O2. The van der Waals surface area contributed by atoms with Crippen molar-refractivity contribution in [3.8, 4) is 0 Å². The summed E-state index contributed by atoms with van der Waals surface area (Å²) < 4.78 is 2.41. The Morgan fingerprint density at radius 1 is 1.58 bits per heavy atom. The first-order chi connectivity index (χ1) is 5.63. The SMILES string of the molecule is Cc1cc(C(=O)NI)cc(=O)[nH]1. The summed E-state index contributed by atoms with van der Waals surface area (Å²) in [5, 5.41) is 0. The van der Waals surface area contributed by atoms with E-state index >= 15 is 0 Å². The van der Waals surface area contributed by atoms with Crippen molar-refractivity contribution in [2.45, 2.75) is 6.92 Å². The average molecular weight is 278 g/mol. The molecule has 0 unspecified atom stereocenters. The van der Waals surface area contributed by atoms with Crippen LogP contribution in [0.3, 0.4) is 0 Å². The Bertz CT molecular complexity index is 359. The first kappa shape index (κ1) is 9.24. The van der Waals surface area contributed by atoms with Crippen LogP contribution in [0.25, 0.3) is 0 Å². The van der Waals surface area contributed by atoms with Gasteiger partial charge in [-0.1, -0.05) is 0 Å². The Balaban J connectivity index is 3.17. The summed E-state index contributed by atoms with van der Waals surface area (Å²) in [7, 11) is 0. The van der Waals surface area contributed by atoms with Crippen molar-refractivity contribution in [3.63, 3.8) is 0 Å². The molecule has 0 fully saturated rings. The number of rotatable bonds is 1. The Kier molecular flexibility index (Phi) is 2.85. The van der Waals surface area contributed by atoms with E-state index in [2.05, 4.69) is 8.51 Å². The first-order valence-corrected chi connectivity index (χ1v) is 4.33. The smallest absolute Gasteiger partial charge is 0.260 e. The number of pyridine rings is 1. The number of nitrogens with one attached hydrogen (secondary N) is 2. The molecule has 0 atom stereocenters. The lowest BCUT2D eigenvalue weighted by molar-refractivity contribution is 0.0989. The quantitative estimate of drug-likeness (QED) is 0.588. The summed E-state index contributed by atoms with van der Waals surface area (Å²) in [4.78, 5) is 24.5. The summed E-state index contributed by atoms with van der Waals surface area (Å²) in [6.45, 7) is 1.73. The fourth-order valence-corrected chi connectivity index (χ4v) is 1.18. The maximum absolute atomic E-state index is 11.0. The molecule has 1 rings (SSSR count). The number of aromatic amines is 1. The van der Waals surface area contributed by atoms with Crippen LogP contribution in [0.15, 0.2) is 16.9 Å². The van der Waals surface area contributed by atoms with Crippen LogP contribution < -0.4 is 9.09 Å². The summed E-state index contributed by atoms with van der Waals surface area (Å²) in [6, 6.07) is 2.89. The van der Waals surface area contributed by atoms with Gasteiger partial charge in [-0.2, -0.15) is 0 Å². The molecule has 0 aliphatic heterocycles. The standard InChI is InChI=1S/C7H7IN2O2/c1-4-2-5(7(12)10-8)3-6(11)9-4/h2-3H,1H3,(H,9,11)(H,10,12). The van der Waals surface area contributed by atoms with Gasteiger partial charge in [0.05, 0.1) is 22.9 Å². The predicted molar refractivity (Wildman–Crippen MR) is 53.3 cm³/mol. The van der Waals surface area contributed by atoms with Crippen LogP contribution in [-0.4, -0.2) is 10.9 Å². The molecule has 0 bridgehead atoms. The van der Waals surface area contributed by atoms with E-state index in [1.54, 1.807) is 35.9 Å². The van der Waals surface area contributed by atoms with Gasteiger partial charge in [-0.25, -0.2) is 0 Å². The van der Waals surface area contributed by atoms with E-state index in [1.165, 1.54) is 6.07 Å². The van der Waals surface area contributed by atoms with Gasteiger partial charge in [0.25, 0.3) is 5.91 Å². The van der Waals surface area contributed by atoms with Gasteiger partial charge in [0, 0.05) is 17.3 Å². The number of carbonyl (C=O) groups is 1. The summed E-state index contributed by atoms with van der Waals surface area (Å²) in [5.74, 6) is -0.259. The van der Waals surface area contributed by atoms with Crippen LogP contribution in [0.4, 0.5) is 0 Å². The number of amides is 1. The van der Waals surface area contributed by atoms with Gasteiger partial charge < -0.3 is 4.98 Å². The molecule has 4 nitrogen and oxygen atoms in total. The number of hydrogen-bond donors (Lipinski definition) is 2. The summed E-state index contributed by atoms with van der Waals surface area (Å²) in [5.41, 5.74) is 0.799. The first-order valence-electron chi connectivity index (χ1n) is 3.25. The molecule has 5 heteroatoms. The molecular weight excluding hydrogens is 271 g/mol. The molecule has 1 amide bonds. The molecule has 12 heavy (non-hydrogen) atoms. The summed E-state index contributed by atoms with van der Waals surface area (Å²) >= 11 is 1.73. The van der Waals surface area contributed by atoms with Crippen LogP contribution in [0, 0.1) is 6.92 Å². The van der Waals surface area contributed by atoms with Crippen molar-refractivity contribution in [2.75, 3.05) is 0 Å². The highest BCUT2D eigenvalue weighted by Crippen LogP contribution is 1.97. The third-order valence-electron chi connectivity index (χ3n) is 1.33. The zero-order valence-electron chi connectivity index (χ0n) is 6.35. The van der Waals surface area contributed by atoms with Crippen molar-refractivity contribution < 1.29 is 4.79 Å². The van der Waals surface area contributed by atoms with E-state index in [9.17, 15) is 9.59 Å². The second kappa shape index (κ2) is 3.70. The third-order valence-corrected chi connectivity index (χ3v) is 1.82. The summed E-state index contributed by atoms with van der Waals surface area (Å²) in [6.07, 6.45) is 0. The van der Waals surface area contributed by atoms with Gasteiger partial charge in [0.2, 0.25) is 5.56 Å². The second-order valence-electron chi connectivity index (χ2n) is 2.34. The predicted octanol–water partition coefficient (Wildman–Crippen LogP) is 0.763. The molecule has 0 aliphatic rings. The van der Waals surface area contributed by atoms with Gasteiger partial charge in [0.1, 0.15) is 0 Å². The van der Waals surface area contributed by atoms with Crippen LogP contribution in [0.2, 0.25) is 0 Å². The van der Waals surface area contributed by atoms with E-state index in [0.29, 0.717) is 11.3 Å². The van der Waals surface area contributed by atoms with E-state index in [-0.39, 0.29) is 11.5 Å². The number of hydrogen-bond acceptors (Lipinski definition) is 2. The lowest BCUT2D eigenvalue weighted by Gasteiger charge is -1.98. The number of halogens is 1. The normalized spacial score (nSPS) is 9.50. The number of carbonyl (C=O) groups excluding carboxylic acids is 1. The van der Waals surface area contributed by atoms with Crippen LogP contribution >= 0.6 is 22.9 Å². The van der Waals surface area contributed by atoms with Gasteiger partial charge in [0.15, 0.2) is 0 Å². The Hall–Kier alpha value is -0.850. The molecule has 1 aromatic heterocycles. The molecule has 2 N–H and O–H groups in total. The van der Waals surface area contributed by atoms with Crippen molar-refractivity contribution in [3.05, 3.63) is 33.7 Å². The Morgan fingerprint density at radius 3 is 2.75 bits per heavy atom. The van der Waals surface area contributed by atoms with Crippen molar-refractivity contribution in [2.24, 2.45) is 0 Å². The zero-order chi connectivity index (χ0) is 9.14. The van der Waals surface area contributed by atoms with E-state index in [4.69, 9.17) is 0 Å². The maximum Gasteiger partial charge on any atom is 0.260 e. The lowest BCUT2D eigenvalue weighted by Crippen LogP contribution is -2.16. The second-order valence-corrected chi connectivity index (χ2v) is 2.88. The number of aryl methyl sites for hydroxylation is 1. The monoisotopic (exact) mass is 278 g/mol. The van der Waals surface area contributed by atoms with Crippen LogP contribution in [0.5, 0.6) is 0 Å². The highest BCUT2D eigenvalue weighted by Gasteiger charge is 2.04. The minimum atomic E-state index is -0.259. The van der Waals surface area contributed by atoms with Gasteiger partial charge in [-0.15, -0.1) is 0 Å². The van der Waals surface area contributed by atoms with Gasteiger partial charge in [-0.05, 0) is 13.0 Å². The molecule has 0 radical (unpaired) electrons. The van der Waals surface area contributed by atoms with Gasteiger partial charge in [-0.3, -0.25) is 13.1 Å². The van der Waals surface area contributed by atoms with E-state index in [1.807, 2.05) is 0 Å². The molecule has 0 spiro atoms. The minimum absolute atomic E-state index is 0.259.